The number of likely N-dealkylation sites (N-methyl/N-ethyl adjacent to an activating group) is 1. The third-order valence-electron chi connectivity index (χ3n) is 2.32. The first-order valence-corrected chi connectivity index (χ1v) is 4.73. The van der Waals surface area contributed by atoms with E-state index in [1.807, 2.05) is 0 Å². The lowest BCUT2D eigenvalue weighted by Gasteiger charge is -2.23. The summed E-state index contributed by atoms with van der Waals surface area (Å²) in [6.45, 7) is 1.37. The van der Waals surface area contributed by atoms with Crippen LogP contribution in [0.15, 0.2) is 18.2 Å². The maximum absolute atomic E-state index is 12.4. The number of aliphatic carboxylic acids is 1. The van der Waals surface area contributed by atoms with Crippen LogP contribution in [0.2, 0.25) is 0 Å². The van der Waals surface area contributed by atoms with Crippen molar-refractivity contribution in [3.8, 4) is 0 Å². The van der Waals surface area contributed by atoms with E-state index in [-0.39, 0.29) is 5.82 Å². The molecule has 1 unspecified atom stereocenters. The number of pyridine rings is 1. The molecule has 1 rings (SSSR count). The maximum atomic E-state index is 12.4. The van der Waals surface area contributed by atoms with Crippen molar-refractivity contribution in [2.75, 3.05) is 11.9 Å². The molecule has 0 radical (unpaired) electrons. The average molecular weight is 248 g/mol. The number of aromatic nitrogens is 1. The largest absolute Gasteiger partial charge is 0.480 e. The highest BCUT2D eigenvalue weighted by atomic mass is 19.4. The normalized spacial score (nSPS) is 13.2. The van der Waals surface area contributed by atoms with Crippen molar-refractivity contribution in [3.63, 3.8) is 0 Å². The molecule has 94 valence electrons. The van der Waals surface area contributed by atoms with E-state index in [1.165, 1.54) is 26.1 Å². The first-order valence-electron chi connectivity index (χ1n) is 4.73. The summed E-state index contributed by atoms with van der Waals surface area (Å²) in [5.41, 5.74) is -1.04. The van der Waals surface area contributed by atoms with E-state index in [4.69, 9.17) is 5.11 Å². The third-order valence-corrected chi connectivity index (χ3v) is 2.32. The van der Waals surface area contributed by atoms with Crippen LogP contribution < -0.4 is 4.90 Å². The van der Waals surface area contributed by atoms with Crippen molar-refractivity contribution in [1.29, 1.82) is 0 Å². The van der Waals surface area contributed by atoms with Crippen LogP contribution in [0, 0.1) is 0 Å². The molecule has 17 heavy (non-hydrogen) atoms. The fraction of sp³-hybridized carbons (Fsp3) is 0.400. The van der Waals surface area contributed by atoms with E-state index in [0.717, 1.165) is 11.0 Å². The van der Waals surface area contributed by atoms with E-state index in [2.05, 4.69) is 4.98 Å². The topological polar surface area (TPSA) is 53.4 Å². The van der Waals surface area contributed by atoms with Gasteiger partial charge < -0.3 is 10.0 Å². The highest BCUT2D eigenvalue weighted by molar-refractivity contribution is 5.76. The summed E-state index contributed by atoms with van der Waals surface area (Å²) in [6.07, 6.45) is -4.54. The Hall–Kier alpha value is -1.79. The molecule has 0 aliphatic heterocycles. The van der Waals surface area contributed by atoms with Gasteiger partial charge in [0.25, 0.3) is 0 Å². The summed E-state index contributed by atoms with van der Waals surface area (Å²) in [6, 6.07) is 2.40. The molecule has 0 fully saturated rings. The average Bonchev–Trinajstić information content (AvgIpc) is 2.26. The van der Waals surface area contributed by atoms with Gasteiger partial charge in [0, 0.05) is 7.05 Å². The zero-order chi connectivity index (χ0) is 13.2. The van der Waals surface area contributed by atoms with Crippen molar-refractivity contribution < 1.29 is 23.1 Å². The van der Waals surface area contributed by atoms with Crippen molar-refractivity contribution in [2.24, 2.45) is 0 Å². The quantitative estimate of drug-likeness (QED) is 0.889. The Balaban J connectivity index is 3.04. The third kappa shape index (κ3) is 3.08. The molecule has 1 atom stereocenters. The Kier molecular flexibility index (Phi) is 3.59. The number of hydrogen-bond donors (Lipinski definition) is 1. The van der Waals surface area contributed by atoms with Crippen LogP contribution in [-0.2, 0) is 11.0 Å². The molecule has 1 N–H and O–H groups in total. The number of halogens is 3. The van der Waals surface area contributed by atoms with Crippen LogP contribution in [0.1, 0.15) is 12.6 Å². The lowest BCUT2D eigenvalue weighted by Crippen LogP contribution is -2.36. The molecule has 0 aromatic carbocycles. The van der Waals surface area contributed by atoms with Gasteiger partial charge in [-0.15, -0.1) is 0 Å². The summed E-state index contributed by atoms with van der Waals surface area (Å²) in [5, 5.41) is 8.75. The van der Waals surface area contributed by atoms with Crippen LogP contribution in [0.4, 0.5) is 19.0 Å². The zero-order valence-corrected chi connectivity index (χ0v) is 9.19. The smallest absolute Gasteiger partial charge is 0.433 e. The van der Waals surface area contributed by atoms with Gasteiger partial charge in [0.05, 0.1) is 0 Å². The van der Waals surface area contributed by atoms with Gasteiger partial charge in [-0.2, -0.15) is 13.2 Å². The molecule has 1 heterocycles. The molecular weight excluding hydrogens is 237 g/mol. The fourth-order valence-corrected chi connectivity index (χ4v) is 1.14. The minimum Gasteiger partial charge on any atom is -0.480 e. The SMILES string of the molecule is CC(C(=O)O)N(C)c1cccc(C(F)(F)F)n1. The number of carbonyl (C=O) groups is 1. The molecule has 0 aliphatic carbocycles. The number of nitrogens with zero attached hydrogens (tertiary/aromatic N) is 2. The van der Waals surface area contributed by atoms with Crippen LogP contribution in [0.25, 0.3) is 0 Å². The van der Waals surface area contributed by atoms with Gasteiger partial charge in [0.1, 0.15) is 17.6 Å². The predicted octanol–water partition coefficient (Wildman–Crippen LogP) is 2.01. The number of carboxylic acid groups (broad SMARTS) is 1. The van der Waals surface area contributed by atoms with Gasteiger partial charge in [-0.05, 0) is 19.1 Å². The van der Waals surface area contributed by atoms with Gasteiger partial charge in [-0.3, -0.25) is 0 Å². The molecule has 4 nitrogen and oxygen atoms in total. The van der Waals surface area contributed by atoms with E-state index in [1.54, 1.807) is 0 Å². The Labute approximate surface area is 95.7 Å². The van der Waals surface area contributed by atoms with E-state index in [9.17, 15) is 18.0 Å². The second-order valence-corrected chi connectivity index (χ2v) is 3.50. The molecule has 7 heteroatoms. The van der Waals surface area contributed by atoms with Gasteiger partial charge in [-0.1, -0.05) is 6.07 Å². The molecule has 0 bridgehead atoms. The second kappa shape index (κ2) is 4.60. The molecular formula is C10H11F3N2O2. The molecule has 1 aromatic rings. The molecule has 0 spiro atoms. The summed E-state index contributed by atoms with van der Waals surface area (Å²) in [7, 11) is 1.38. The molecule has 1 aromatic heterocycles. The summed E-state index contributed by atoms with van der Waals surface area (Å²) in [4.78, 5) is 15.3. The predicted molar refractivity (Wildman–Crippen MR) is 54.7 cm³/mol. The van der Waals surface area contributed by atoms with Gasteiger partial charge in [0.15, 0.2) is 0 Å². The van der Waals surface area contributed by atoms with Gasteiger partial charge >= 0.3 is 12.1 Å². The van der Waals surface area contributed by atoms with Crippen LogP contribution in [-0.4, -0.2) is 29.1 Å². The van der Waals surface area contributed by atoms with E-state index >= 15 is 0 Å². The highest BCUT2D eigenvalue weighted by Crippen LogP contribution is 2.28. The van der Waals surface area contributed by atoms with E-state index in [0.29, 0.717) is 0 Å². The monoisotopic (exact) mass is 248 g/mol. The van der Waals surface area contributed by atoms with Crippen molar-refractivity contribution in [1.82, 2.24) is 4.98 Å². The lowest BCUT2D eigenvalue weighted by atomic mass is 10.3. The van der Waals surface area contributed by atoms with Crippen LogP contribution in [0.5, 0.6) is 0 Å². The number of alkyl halides is 3. The summed E-state index contributed by atoms with van der Waals surface area (Å²) in [5.74, 6) is -1.17. The Bertz CT molecular complexity index is 420. The maximum Gasteiger partial charge on any atom is 0.433 e. The molecule has 0 amide bonds. The minimum absolute atomic E-state index is 0.0327. The first kappa shape index (κ1) is 13.3. The molecule has 0 aliphatic rings. The van der Waals surface area contributed by atoms with Crippen LogP contribution >= 0.6 is 0 Å². The van der Waals surface area contributed by atoms with Gasteiger partial charge in [-0.25, -0.2) is 9.78 Å². The summed E-state index contributed by atoms with van der Waals surface area (Å²) < 4.78 is 37.2. The second-order valence-electron chi connectivity index (χ2n) is 3.50. The number of hydrogen-bond acceptors (Lipinski definition) is 3. The number of rotatable bonds is 3. The highest BCUT2D eigenvalue weighted by Gasteiger charge is 2.33. The van der Waals surface area contributed by atoms with Crippen molar-refractivity contribution in [3.05, 3.63) is 23.9 Å². The standard InChI is InChI=1S/C10H11F3N2O2/c1-6(9(16)17)15(2)8-5-3-4-7(14-8)10(11,12)13/h3-6H,1-2H3,(H,16,17). The minimum atomic E-state index is -4.54. The summed E-state index contributed by atoms with van der Waals surface area (Å²) >= 11 is 0. The van der Waals surface area contributed by atoms with E-state index < -0.39 is 23.9 Å². The number of carboxylic acids is 1. The molecule has 0 saturated heterocycles. The Morgan fingerprint density at radius 1 is 1.47 bits per heavy atom. The van der Waals surface area contributed by atoms with Crippen molar-refractivity contribution in [2.45, 2.75) is 19.1 Å². The van der Waals surface area contributed by atoms with Crippen LogP contribution in [0.3, 0.4) is 0 Å². The fourth-order valence-electron chi connectivity index (χ4n) is 1.14. The van der Waals surface area contributed by atoms with Crippen molar-refractivity contribution >= 4 is 11.8 Å². The Morgan fingerprint density at radius 2 is 2.06 bits per heavy atom. The first-order chi connectivity index (χ1) is 7.73. The zero-order valence-electron chi connectivity index (χ0n) is 9.19. The number of anilines is 1. The Morgan fingerprint density at radius 3 is 2.53 bits per heavy atom. The molecule has 0 saturated carbocycles. The lowest BCUT2D eigenvalue weighted by molar-refractivity contribution is -0.141. The van der Waals surface area contributed by atoms with Gasteiger partial charge in [0.2, 0.25) is 0 Å².